The molecule has 0 aliphatic heterocycles. The van der Waals surface area contributed by atoms with Gasteiger partial charge in [-0.25, -0.2) is 0 Å². The summed E-state index contributed by atoms with van der Waals surface area (Å²) < 4.78 is 0. The highest BCUT2D eigenvalue weighted by Gasteiger charge is 2.15. The average Bonchev–Trinajstić information content (AvgIpc) is 2.00. The van der Waals surface area contributed by atoms with Gasteiger partial charge in [-0.05, 0) is 18.9 Å². The van der Waals surface area contributed by atoms with Crippen molar-refractivity contribution in [1.29, 1.82) is 0 Å². The molecule has 0 radical (unpaired) electrons. The van der Waals surface area contributed by atoms with Crippen molar-refractivity contribution in [3.8, 4) is 0 Å². The molecule has 1 fully saturated rings. The van der Waals surface area contributed by atoms with E-state index in [0.29, 0.717) is 11.6 Å². The quantitative estimate of drug-likeness (QED) is 0.684. The van der Waals surface area contributed by atoms with Crippen molar-refractivity contribution >= 4 is 23.2 Å². The Labute approximate surface area is 84.1 Å². The van der Waals surface area contributed by atoms with Gasteiger partial charge in [0, 0.05) is 17.1 Å². The van der Waals surface area contributed by atoms with Crippen molar-refractivity contribution in [1.82, 2.24) is 5.32 Å². The van der Waals surface area contributed by atoms with E-state index in [4.69, 9.17) is 23.2 Å². The van der Waals surface area contributed by atoms with Crippen LogP contribution in [0.3, 0.4) is 0 Å². The topological polar surface area (TPSA) is 12.0 Å². The van der Waals surface area contributed by atoms with Crippen molar-refractivity contribution in [2.75, 3.05) is 13.1 Å². The highest BCUT2D eigenvalue weighted by atomic mass is 35.5. The first-order chi connectivity index (χ1) is 5.83. The molecule has 0 aromatic heterocycles. The Morgan fingerprint density at radius 1 is 1.50 bits per heavy atom. The molecule has 1 aliphatic carbocycles. The molecular formula is C9H15Cl2N. The number of halogens is 2. The molecule has 0 aromatic rings. The molecule has 1 rings (SSSR count). The van der Waals surface area contributed by atoms with Crippen LogP contribution in [0.2, 0.25) is 0 Å². The zero-order valence-electron chi connectivity index (χ0n) is 7.15. The molecule has 0 atom stereocenters. The summed E-state index contributed by atoms with van der Waals surface area (Å²) in [5, 5.41) is 3.94. The molecule has 1 N–H and O–H groups in total. The minimum Gasteiger partial charge on any atom is -0.312 e. The van der Waals surface area contributed by atoms with Gasteiger partial charge in [-0.1, -0.05) is 42.5 Å². The van der Waals surface area contributed by atoms with Gasteiger partial charge in [-0.2, -0.15) is 0 Å². The third-order valence-electron chi connectivity index (χ3n) is 2.37. The van der Waals surface area contributed by atoms with Gasteiger partial charge in [0.05, 0.1) is 0 Å². The van der Waals surface area contributed by atoms with Crippen molar-refractivity contribution in [2.24, 2.45) is 5.92 Å². The maximum absolute atomic E-state index is 5.70. The summed E-state index contributed by atoms with van der Waals surface area (Å²) in [5.41, 5.74) is 1.41. The first-order valence-corrected chi connectivity index (χ1v) is 5.30. The smallest absolute Gasteiger partial charge is 0.0431 e. The third-order valence-corrected chi connectivity index (χ3v) is 2.98. The summed E-state index contributed by atoms with van der Waals surface area (Å²) in [5.74, 6) is 0.969. The monoisotopic (exact) mass is 207 g/mol. The van der Waals surface area contributed by atoms with E-state index in [9.17, 15) is 0 Å². The van der Waals surface area contributed by atoms with Gasteiger partial charge < -0.3 is 5.32 Å². The van der Waals surface area contributed by atoms with Gasteiger partial charge >= 0.3 is 0 Å². The highest BCUT2D eigenvalue weighted by Crippen LogP contribution is 2.28. The maximum Gasteiger partial charge on any atom is 0.0431 e. The Kier molecular flexibility index (Phi) is 5.05. The number of nitrogens with one attached hydrogen (secondary N) is 1. The number of rotatable bonds is 5. The fraction of sp³-hybridized carbons (Fsp3) is 0.778. The standard InChI is InChI=1S/C9H15Cl2N/c10-6-9(11)7-12-5-4-8-2-1-3-8/h6,8,12H,1-5,7H2/b9-6+. The van der Waals surface area contributed by atoms with Crippen LogP contribution in [0.25, 0.3) is 0 Å². The third kappa shape index (κ3) is 3.79. The van der Waals surface area contributed by atoms with Crippen LogP contribution in [0.5, 0.6) is 0 Å². The molecule has 0 bridgehead atoms. The normalized spacial score (nSPS) is 19.3. The molecule has 12 heavy (non-hydrogen) atoms. The largest absolute Gasteiger partial charge is 0.312 e. The van der Waals surface area contributed by atoms with E-state index in [1.54, 1.807) is 0 Å². The lowest BCUT2D eigenvalue weighted by atomic mass is 9.83. The summed E-state index contributed by atoms with van der Waals surface area (Å²) >= 11 is 11.1. The summed E-state index contributed by atoms with van der Waals surface area (Å²) in [4.78, 5) is 0. The minimum absolute atomic E-state index is 0.685. The minimum atomic E-state index is 0.685. The van der Waals surface area contributed by atoms with Gasteiger partial charge in [0.25, 0.3) is 0 Å². The number of hydrogen-bond donors (Lipinski definition) is 1. The lowest BCUT2D eigenvalue weighted by Gasteiger charge is -2.25. The van der Waals surface area contributed by atoms with Crippen LogP contribution in [0.15, 0.2) is 10.6 Å². The Bertz CT molecular complexity index is 153. The van der Waals surface area contributed by atoms with E-state index in [0.717, 1.165) is 12.5 Å². The second kappa shape index (κ2) is 5.85. The summed E-state index contributed by atoms with van der Waals surface area (Å²) in [6.07, 6.45) is 5.54. The molecular weight excluding hydrogens is 193 g/mol. The van der Waals surface area contributed by atoms with Crippen LogP contribution >= 0.6 is 23.2 Å². The molecule has 0 aromatic carbocycles. The van der Waals surface area contributed by atoms with Crippen LogP contribution in [-0.4, -0.2) is 13.1 Å². The zero-order chi connectivity index (χ0) is 8.81. The Balaban J connectivity index is 1.88. The molecule has 1 nitrogen and oxygen atoms in total. The van der Waals surface area contributed by atoms with Crippen LogP contribution in [-0.2, 0) is 0 Å². The van der Waals surface area contributed by atoms with Gasteiger partial charge in [0.15, 0.2) is 0 Å². The van der Waals surface area contributed by atoms with Crippen LogP contribution in [0.4, 0.5) is 0 Å². The summed E-state index contributed by atoms with van der Waals surface area (Å²) in [6.45, 7) is 1.77. The van der Waals surface area contributed by atoms with Crippen LogP contribution in [0, 0.1) is 5.92 Å². The predicted octanol–water partition coefficient (Wildman–Crippen LogP) is 3.09. The maximum atomic E-state index is 5.70. The second-order valence-corrected chi connectivity index (χ2v) is 4.02. The molecule has 0 amide bonds. The fourth-order valence-corrected chi connectivity index (χ4v) is 1.51. The molecule has 1 aliphatic rings. The molecule has 0 heterocycles. The fourth-order valence-electron chi connectivity index (χ4n) is 1.33. The van der Waals surface area contributed by atoms with Gasteiger partial charge in [-0.3, -0.25) is 0 Å². The van der Waals surface area contributed by atoms with Gasteiger partial charge in [-0.15, -0.1) is 0 Å². The molecule has 0 saturated heterocycles. The van der Waals surface area contributed by atoms with E-state index >= 15 is 0 Å². The van der Waals surface area contributed by atoms with Crippen molar-refractivity contribution in [2.45, 2.75) is 25.7 Å². The van der Waals surface area contributed by atoms with Crippen LogP contribution < -0.4 is 5.32 Å². The van der Waals surface area contributed by atoms with Crippen molar-refractivity contribution in [3.63, 3.8) is 0 Å². The van der Waals surface area contributed by atoms with Gasteiger partial charge in [0.2, 0.25) is 0 Å². The average molecular weight is 208 g/mol. The van der Waals surface area contributed by atoms with E-state index in [-0.39, 0.29) is 0 Å². The van der Waals surface area contributed by atoms with E-state index < -0.39 is 0 Å². The molecule has 1 saturated carbocycles. The number of hydrogen-bond acceptors (Lipinski definition) is 1. The Morgan fingerprint density at radius 2 is 2.25 bits per heavy atom. The first-order valence-electron chi connectivity index (χ1n) is 4.48. The van der Waals surface area contributed by atoms with E-state index in [2.05, 4.69) is 5.32 Å². The summed E-state index contributed by atoms with van der Waals surface area (Å²) in [6, 6.07) is 0. The molecule has 0 unspecified atom stereocenters. The van der Waals surface area contributed by atoms with Crippen molar-refractivity contribution < 1.29 is 0 Å². The molecule has 0 spiro atoms. The van der Waals surface area contributed by atoms with E-state index in [1.807, 2.05) is 0 Å². The predicted molar refractivity (Wildman–Crippen MR) is 54.6 cm³/mol. The summed E-state index contributed by atoms with van der Waals surface area (Å²) in [7, 11) is 0. The van der Waals surface area contributed by atoms with E-state index in [1.165, 1.54) is 31.2 Å². The SMILES string of the molecule is Cl/C=C(/Cl)CNCCC1CCC1. The Hall–Kier alpha value is 0.280. The van der Waals surface area contributed by atoms with Crippen LogP contribution in [0.1, 0.15) is 25.7 Å². The highest BCUT2D eigenvalue weighted by molar-refractivity contribution is 6.36. The lowest BCUT2D eigenvalue weighted by molar-refractivity contribution is 0.293. The zero-order valence-corrected chi connectivity index (χ0v) is 8.67. The second-order valence-electron chi connectivity index (χ2n) is 3.32. The Morgan fingerprint density at radius 3 is 2.75 bits per heavy atom. The first kappa shape index (κ1) is 10.4. The molecule has 70 valence electrons. The molecule has 3 heteroatoms. The lowest BCUT2D eigenvalue weighted by Crippen LogP contribution is -2.22. The van der Waals surface area contributed by atoms with Gasteiger partial charge in [0.1, 0.15) is 0 Å². The van der Waals surface area contributed by atoms with Crippen molar-refractivity contribution in [3.05, 3.63) is 10.6 Å².